The van der Waals surface area contributed by atoms with Crippen molar-refractivity contribution in [2.45, 2.75) is 25.2 Å². The zero-order chi connectivity index (χ0) is 12.8. The third kappa shape index (κ3) is 8.07. The molecule has 0 amide bonds. The van der Waals surface area contributed by atoms with Gasteiger partial charge in [0.25, 0.3) is 0 Å². The van der Waals surface area contributed by atoms with E-state index in [1.54, 1.807) is 0 Å². The molecule has 0 N–H and O–H groups in total. The van der Waals surface area contributed by atoms with Crippen molar-refractivity contribution in [2.24, 2.45) is 0 Å². The van der Waals surface area contributed by atoms with E-state index in [2.05, 4.69) is 13.8 Å². The van der Waals surface area contributed by atoms with E-state index >= 15 is 0 Å². The first-order chi connectivity index (χ1) is 7.32. The molecule has 1 aromatic rings. The van der Waals surface area contributed by atoms with E-state index in [-0.39, 0.29) is 61.8 Å². The number of hydrogen-bond donors (Lipinski definition) is 0. The topological polar surface area (TPSA) is 74.3 Å². The standard InChI is InChI=1S/C8H8O4S.C3H8.K/c1-13(11,12)7-4-2-3-6(5-7)8(9)10;1-3-2;/h2-5H,1H3,(H,9,10);3H2,1-2H3;/q;;+1/p-1. The van der Waals surface area contributed by atoms with Gasteiger partial charge in [-0.25, -0.2) is 8.42 Å². The molecule has 0 aliphatic rings. The molecule has 0 fully saturated rings. The van der Waals surface area contributed by atoms with Gasteiger partial charge in [-0.15, -0.1) is 0 Å². The summed E-state index contributed by atoms with van der Waals surface area (Å²) in [6.45, 7) is 4.25. The fourth-order valence-corrected chi connectivity index (χ4v) is 1.52. The monoisotopic (exact) mass is 282 g/mol. The molecule has 0 heterocycles. The van der Waals surface area contributed by atoms with Gasteiger partial charge in [0, 0.05) is 6.26 Å². The Balaban J connectivity index is 0. The summed E-state index contributed by atoms with van der Waals surface area (Å²) in [5, 5.41) is 10.4. The fraction of sp³-hybridized carbons (Fsp3) is 0.364. The molecule has 0 saturated heterocycles. The summed E-state index contributed by atoms with van der Waals surface area (Å²) in [6.07, 6.45) is 2.27. The van der Waals surface area contributed by atoms with Gasteiger partial charge in [0.15, 0.2) is 9.84 Å². The van der Waals surface area contributed by atoms with Crippen LogP contribution in [0.2, 0.25) is 0 Å². The van der Waals surface area contributed by atoms with Crippen LogP contribution in [0.15, 0.2) is 29.2 Å². The molecule has 0 aliphatic carbocycles. The Morgan fingerprint density at radius 2 is 1.76 bits per heavy atom. The molecule has 1 aromatic carbocycles. The molecule has 0 unspecified atom stereocenters. The summed E-state index contributed by atoms with van der Waals surface area (Å²) < 4.78 is 22.0. The predicted molar refractivity (Wildman–Crippen MR) is 59.8 cm³/mol. The molecule has 0 saturated carbocycles. The van der Waals surface area contributed by atoms with Crippen LogP contribution in [0.25, 0.3) is 0 Å². The van der Waals surface area contributed by atoms with Crippen molar-refractivity contribution in [3.63, 3.8) is 0 Å². The van der Waals surface area contributed by atoms with E-state index in [4.69, 9.17) is 0 Å². The normalized spacial score (nSPS) is 9.59. The van der Waals surface area contributed by atoms with Crippen molar-refractivity contribution in [1.29, 1.82) is 0 Å². The van der Waals surface area contributed by atoms with Crippen LogP contribution in [0.1, 0.15) is 30.6 Å². The first-order valence-corrected chi connectivity index (χ1v) is 6.73. The van der Waals surface area contributed by atoms with Crippen LogP contribution in [-0.4, -0.2) is 20.6 Å². The largest absolute Gasteiger partial charge is 1.00 e. The Labute approximate surface area is 145 Å². The van der Waals surface area contributed by atoms with Gasteiger partial charge in [-0.3, -0.25) is 0 Å². The van der Waals surface area contributed by atoms with E-state index in [0.717, 1.165) is 12.3 Å². The molecule has 0 spiro atoms. The summed E-state index contributed by atoms with van der Waals surface area (Å²) in [5.74, 6) is -1.38. The van der Waals surface area contributed by atoms with Crippen LogP contribution >= 0.6 is 0 Å². The van der Waals surface area contributed by atoms with E-state index in [0.29, 0.717) is 0 Å². The average Bonchev–Trinajstić information content (AvgIpc) is 2.18. The van der Waals surface area contributed by atoms with Gasteiger partial charge in [-0.1, -0.05) is 32.4 Å². The maximum Gasteiger partial charge on any atom is 1.00 e. The minimum atomic E-state index is -3.35. The van der Waals surface area contributed by atoms with Crippen LogP contribution in [0, 0.1) is 0 Å². The molecule has 6 heteroatoms. The van der Waals surface area contributed by atoms with Gasteiger partial charge in [0.2, 0.25) is 0 Å². The summed E-state index contributed by atoms with van der Waals surface area (Å²) in [4.78, 5) is 10.4. The maximum absolute atomic E-state index is 11.0. The molecule has 0 radical (unpaired) electrons. The van der Waals surface area contributed by atoms with E-state index in [1.165, 1.54) is 24.6 Å². The summed E-state index contributed by atoms with van der Waals surface area (Å²) in [7, 11) is -3.35. The third-order valence-electron chi connectivity index (χ3n) is 1.50. The molecule has 0 aliphatic heterocycles. The number of carbonyl (C=O) groups excluding carboxylic acids is 1. The number of carboxylic acid groups (broad SMARTS) is 1. The number of sulfone groups is 1. The second-order valence-electron chi connectivity index (χ2n) is 3.29. The Hall–Kier alpha value is 0.276. The molecular formula is C11H15KO4S. The van der Waals surface area contributed by atoms with Crippen molar-refractivity contribution in [2.75, 3.05) is 6.26 Å². The third-order valence-corrected chi connectivity index (χ3v) is 2.61. The number of carbonyl (C=O) groups is 1. The molecule has 0 aromatic heterocycles. The minimum Gasteiger partial charge on any atom is -0.545 e. The first kappa shape index (κ1) is 19.6. The molecule has 0 atom stereocenters. The molecule has 17 heavy (non-hydrogen) atoms. The number of benzene rings is 1. The second-order valence-corrected chi connectivity index (χ2v) is 5.31. The van der Waals surface area contributed by atoms with Crippen molar-refractivity contribution in [1.82, 2.24) is 0 Å². The summed E-state index contributed by atoms with van der Waals surface area (Å²) in [5.41, 5.74) is -0.136. The SMILES string of the molecule is CCC.CS(=O)(=O)c1cccc(C(=O)[O-])c1.[K+]. The summed E-state index contributed by atoms with van der Waals surface area (Å²) in [6, 6.07) is 5.05. The van der Waals surface area contributed by atoms with Gasteiger partial charge >= 0.3 is 51.4 Å². The quantitative estimate of drug-likeness (QED) is 0.581. The molecule has 0 bridgehead atoms. The van der Waals surface area contributed by atoms with Gasteiger partial charge in [0.1, 0.15) is 0 Å². The Morgan fingerprint density at radius 3 is 2.12 bits per heavy atom. The van der Waals surface area contributed by atoms with Crippen LogP contribution in [0.3, 0.4) is 0 Å². The van der Waals surface area contributed by atoms with Crippen LogP contribution in [0.4, 0.5) is 0 Å². The van der Waals surface area contributed by atoms with E-state index < -0.39 is 15.8 Å². The predicted octanol–water partition coefficient (Wildman–Crippen LogP) is -2.13. The van der Waals surface area contributed by atoms with Crippen molar-refractivity contribution in [3.05, 3.63) is 29.8 Å². The van der Waals surface area contributed by atoms with Gasteiger partial charge < -0.3 is 9.90 Å². The second kappa shape index (κ2) is 9.24. The Bertz CT molecular complexity index is 454. The number of rotatable bonds is 2. The van der Waals surface area contributed by atoms with Crippen molar-refractivity contribution in [3.8, 4) is 0 Å². The van der Waals surface area contributed by atoms with Crippen LogP contribution < -0.4 is 56.5 Å². The van der Waals surface area contributed by atoms with Crippen LogP contribution in [-0.2, 0) is 9.84 Å². The first-order valence-electron chi connectivity index (χ1n) is 4.84. The Kier molecular flexibility index (Phi) is 10.7. The summed E-state index contributed by atoms with van der Waals surface area (Å²) >= 11 is 0. The molecule has 4 nitrogen and oxygen atoms in total. The molecule has 90 valence electrons. The minimum absolute atomic E-state index is 0. The van der Waals surface area contributed by atoms with Crippen LogP contribution in [0.5, 0.6) is 0 Å². The zero-order valence-electron chi connectivity index (χ0n) is 10.6. The average molecular weight is 282 g/mol. The maximum atomic E-state index is 11.0. The molecular weight excluding hydrogens is 267 g/mol. The van der Waals surface area contributed by atoms with E-state index in [9.17, 15) is 18.3 Å². The molecule has 1 rings (SSSR count). The number of aromatic carboxylic acids is 1. The van der Waals surface area contributed by atoms with Crippen molar-refractivity contribution >= 4 is 15.8 Å². The number of carboxylic acids is 1. The smallest absolute Gasteiger partial charge is 0.545 e. The fourth-order valence-electron chi connectivity index (χ4n) is 0.854. The van der Waals surface area contributed by atoms with Gasteiger partial charge in [-0.05, 0) is 17.7 Å². The van der Waals surface area contributed by atoms with Crippen molar-refractivity contribution < 1.29 is 69.7 Å². The number of hydrogen-bond acceptors (Lipinski definition) is 4. The van der Waals surface area contributed by atoms with Gasteiger partial charge in [-0.2, -0.15) is 0 Å². The van der Waals surface area contributed by atoms with Gasteiger partial charge in [0.05, 0.1) is 10.9 Å². The zero-order valence-corrected chi connectivity index (χ0v) is 14.5. The van der Waals surface area contributed by atoms with E-state index in [1.807, 2.05) is 0 Å². The Morgan fingerprint density at radius 1 is 1.29 bits per heavy atom.